The molecule has 0 radical (unpaired) electrons. The zero-order chi connectivity index (χ0) is 11.8. The Hall–Kier alpha value is -2.23. The van der Waals surface area contributed by atoms with Crippen LogP contribution in [0.25, 0.3) is 0 Å². The summed E-state index contributed by atoms with van der Waals surface area (Å²) in [5, 5.41) is 10.2. The standard InChI is InChI=1S/C7H7NO.C5H5NO/c1-6(9)7-4-2-3-5-8-7;7-6-4-2-1-3-5-6/h2-5H,1H3;1-5H. The number of nitrogens with zero attached hydrogens (tertiary/aromatic N) is 2. The largest absolute Gasteiger partial charge is 0.619 e. The highest BCUT2D eigenvalue weighted by atomic mass is 16.5. The van der Waals surface area contributed by atoms with E-state index in [1.165, 1.54) is 19.3 Å². The Labute approximate surface area is 93.8 Å². The van der Waals surface area contributed by atoms with Gasteiger partial charge in [0.2, 0.25) is 0 Å². The Bertz CT molecular complexity index is 429. The lowest BCUT2D eigenvalue weighted by molar-refractivity contribution is -0.605. The second-order valence-corrected chi connectivity index (χ2v) is 3.01. The third-order valence-corrected chi connectivity index (χ3v) is 1.71. The predicted octanol–water partition coefficient (Wildman–Crippen LogP) is 1.60. The van der Waals surface area contributed by atoms with Crippen molar-refractivity contribution in [2.24, 2.45) is 0 Å². The van der Waals surface area contributed by atoms with Crippen LogP contribution < -0.4 is 4.73 Å². The zero-order valence-corrected chi connectivity index (χ0v) is 8.91. The van der Waals surface area contributed by atoms with Crippen LogP contribution in [-0.2, 0) is 0 Å². The number of pyridine rings is 2. The van der Waals surface area contributed by atoms with Crippen molar-refractivity contribution in [2.75, 3.05) is 0 Å². The van der Waals surface area contributed by atoms with Gasteiger partial charge in [-0.2, -0.15) is 4.73 Å². The minimum absolute atomic E-state index is 0.00981. The number of rotatable bonds is 1. The lowest BCUT2D eigenvalue weighted by atomic mass is 10.3. The van der Waals surface area contributed by atoms with Crippen LogP contribution in [0.4, 0.5) is 0 Å². The maximum absolute atomic E-state index is 10.6. The molecule has 0 saturated carbocycles. The second kappa shape index (κ2) is 6.29. The Kier molecular flexibility index (Phi) is 4.66. The van der Waals surface area contributed by atoms with Crippen LogP contribution in [0.1, 0.15) is 17.4 Å². The van der Waals surface area contributed by atoms with E-state index < -0.39 is 0 Å². The molecule has 82 valence electrons. The number of hydrogen-bond donors (Lipinski definition) is 0. The van der Waals surface area contributed by atoms with Crippen molar-refractivity contribution >= 4 is 5.78 Å². The van der Waals surface area contributed by atoms with Crippen LogP contribution in [0.3, 0.4) is 0 Å². The van der Waals surface area contributed by atoms with Crippen LogP contribution in [0.15, 0.2) is 55.0 Å². The van der Waals surface area contributed by atoms with Crippen LogP contribution in [-0.4, -0.2) is 10.8 Å². The van der Waals surface area contributed by atoms with Gasteiger partial charge < -0.3 is 5.21 Å². The molecule has 0 atom stereocenters. The summed E-state index contributed by atoms with van der Waals surface area (Å²) >= 11 is 0. The molecule has 4 heteroatoms. The number of aromatic nitrogens is 2. The topological polar surface area (TPSA) is 56.9 Å². The minimum Gasteiger partial charge on any atom is -0.619 e. The Morgan fingerprint density at radius 2 is 1.88 bits per heavy atom. The van der Waals surface area contributed by atoms with Crippen molar-refractivity contribution < 1.29 is 9.52 Å². The summed E-state index contributed by atoms with van der Waals surface area (Å²) in [6.45, 7) is 1.50. The van der Waals surface area contributed by atoms with E-state index in [1.54, 1.807) is 42.6 Å². The molecule has 0 fully saturated rings. The summed E-state index contributed by atoms with van der Waals surface area (Å²) in [6, 6.07) is 10.5. The van der Waals surface area contributed by atoms with Crippen molar-refractivity contribution in [1.29, 1.82) is 0 Å². The normalized spacial score (nSPS) is 8.81. The highest BCUT2D eigenvalue weighted by Gasteiger charge is 1.94. The van der Waals surface area contributed by atoms with E-state index in [0.717, 1.165) is 4.73 Å². The Balaban J connectivity index is 0.000000165. The van der Waals surface area contributed by atoms with Gasteiger partial charge in [-0.3, -0.25) is 9.78 Å². The molecule has 0 spiro atoms. The molecule has 0 amide bonds. The smallest absolute Gasteiger partial charge is 0.180 e. The highest BCUT2D eigenvalue weighted by molar-refractivity contribution is 5.91. The Morgan fingerprint density at radius 1 is 1.19 bits per heavy atom. The van der Waals surface area contributed by atoms with Crippen molar-refractivity contribution in [3.05, 3.63) is 65.9 Å². The van der Waals surface area contributed by atoms with Crippen LogP contribution in [0.5, 0.6) is 0 Å². The van der Waals surface area contributed by atoms with Gasteiger partial charge in [0.1, 0.15) is 5.69 Å². The molecule has 16 heavy (non-hydrogen) atoms. The van der Waals surface area contributed by atoms with Gasteiger partial charge in [-0.15, -0.1) is 0 Å². The van der Waals surface area contributed by atoms with Gasteiger partial charge in [0.25, 0.3) is 0 Å². The monoisotopic (exact) mass is 216 g/mol. The van der Waals surface area contributed by atoms with Crippen molar-refractivity contribution in [1.82, 2.24) is 4.98 Å². The van der Waals surface area contributed by atoms with Gasteiger partial charge >= 0.3 is 0 Å². The first-order chi connectivity index (χ1) is 7.70. The fourth-order valence-electron chi connectivity index (χ4n) is 0.954. The SMILES string of the molecule is CC(=O)c1ccccn1.[O-][n+]1ccccc1. The number of Topliss-reactive ketones (excluding diaryl/α,β-unsaturated/α-hetero) is 1. The van der Waals surface area contributed by atoms with Gasteiger partial charge in [-0.1, -0.05) is 12.1 Å². The molecule has 2 aromatic rings. The number of carbonyl (C=O) groups excluding carboxylic acids is 1. The maximum Gasteiger partial charge on any atom is 0.180 e. The highest BCUT2D eigenvalue weighted by Crippen LogP contribution is 1.92. The molecule has 0 aliphatic heterocycles. The molecule has 0 aromatic carbocycles. The van der Waals surface area contributed by atoms with E-state index in [2.05, 4.69) is 4.98 Å². The number of hydrogen-bond acceptors (Lipinski definition) is 3. The van der Waals surface area contributed by atoms with Crippen molar-refractivity contribution in [2.45, 2.75) is 6.92 Å². The van der Waals surface area contributed by atoms with Crippen molar-refractivity contribution in [3.63, 3.8) is 0 Å². The summed E-state index contributed by atoms with van der Waals surface area (Å²) in [4.78, 5) is 14.4. The van der Waals surface area contributed by atoms with Gasteiger partial charge in [-0.05, 0) is 12.1 Å². The van der Waals surface area contributed by atoms with Gasteiger partial charge in [-0.25, -0.2) is 0 Å². The van der Waals surface area contributed by atoms with Gasteiger partial charge in [0.05, 0.1) is 0 Å². The van der Waals surface area contributed by atoms with Crippen molar-refractivity contribution in [3.8, 4) is 0 Å². The molecule has 4 nitrogen and oxygen atoms in total. The number of ketones is 1. The molecule has 0 saturated heterocycles. The minimum atomic E-state index is 0.00981. The maximum atomic E-state index is 10.6. The summed E-state index contributed by atoms with van der Waals surface area (Å²) in [7, 11) is 0. The summed E-state index contributed by atoms with van der Waals surface area (Å²) in [6.07, 6.45) is 4.50. The summed E-state index contributed by atoms with van der Waals surface area (Å²) in [5.41, 5.74) is 0.525. The molecular weight excluding hydrogens is 204 g/mol. The average molecular weight is 216 g/mol. The van der Waals surface area contributed by atoms with Crippen LogP contribution in [0.2, 0.25) is 0 Å². The molecule has 0 bridgehead atoms. The lowest BCUT2D eigenvalue weighted by Gasteiger charge is -1.88. The number of carbonyl (C=O) groups is 1. The molecule has 0 aliphatic rings. The molecule has 2 rings (SSSR count). The van der Waals surface area contributed by atoms with Crippen LogP contribution in [0, 0.1) is 5.21 Å². The Morgan fingerprint density at radius 3 is 2.19 bits per heavy atom. The van der Waals surface area contributed by atoms with E-state index in [9.17, 15) is 10.0 Å². The molecule has 2 aromatic heterocycles. The van der Waals surface area contributed by atoms with E-state index in [4.69, 9.17) is 0 Å². The third-order valence-electron chi connectivity index (χ3n) is 1.71. The predicted molar refractivity (Wildman–Crippen MR) is 59.6 cm³/mol. The molecular formula is C12H12N2O2. The zero-order valence-electron chi connectivity index (χ0n) is 8.91. The summed E-state index contributed by atoms with van der Waals surface area (Å²) in [5.74, 6) is 0.00981. The van der Waals surface area contributed by atoms with Crippen LogP contribution >= 0.6 is 0 Å². The summed E-state index contributed by atoms with van der Waals surface area (Å²) < 4.78 is 0.750. The van der Waals surface area contributed by atoms with Gasteiger partial charge in [0, 0.05) is 25.3 Å². The van der Waals surface area contributed by atoms with E-state index in [0.29, 0.717) is 5.69 Å². The first-order valence-electron chi connectivity index (χ1n) is 4.76. The van der Waals surface area contributed by atoms with Gasteiger partial charge in [0.15, 0.2) is 18.2 Å². The third kappa shape index (κ3) is 4.32. The average Bonchev–Trinajstić information content (AvgIpc) is 2.32. The molecule has 2 heterocycles. The first-order valence-corrected chi connectivity index (χ1v) is 4.76. The fourth-order valence-corrected chi connectivity index (χ4v) is 0.954. The van der Waals surface area contributed by atoms with E-state index >= 15 is 0 Å². The fraction of sp³-hybridized carbons (Fsp3) is 0.0833. The first kappa shape index (κ1) is 11.8. The lowest BCUT2D eigenvalue weighted by Crippen LogP contribution is -2.22. The van der Waals surface area contributed by atoms with E-state index in [1.807, 2.05) is 0 Å². The quantitative estimate of drug-likeness (QED) is 0.413. The molecule has 0 N–H and O–H groups in total. The molecule has 0 aliphatic carbocycles. The second-order valence-electron chi connectivity index (χ2n) is 3.01. The molecule has 0 unspecified atom stereocenters. The van der Waals surface area contributed by atoms with E-state index in [-0.39, 0.29) is 5.78 Å².